The van der Waals surface area contributed by atoms with Gasteiger partial charge in [-0.15, -0.1) is 11.3 Å². The van der Waals surface area contributed by atoms with E-state index < -0.39 is 27.6 Å². The summed E-state index contributed by atoms with van der Waals surface area (Å²) < 4.78 is 52.5. The minimum absolute atomic E-state index is 0.679. The second-order valence-corrected chi connectivity index (χ2v) is 7.57. The van der Waals surface area contributed by atoms with Crippen LogP contribution in [0.5, 0.6) is 0 Å². The molecule has 1 aromatic rings. The van der Waals surface area contributed by atoms with Crippen molar-refractivity contribution in [1.82, 2.24) is 0 Å². The van der Waals surface area contributed by atoms with Gasteiger partial charge in [0.25, 0.3) is 0 Å². The van der Waals surface area contributed by atoms with Crippen molar-refractivity contribution in [3.05, 3.63) is 28.5 Å². The topological polar surface area (TPSA) is 29.4 Å². The molecule has 1 heterocycles. The van der Waals surface area contributed by atoms with E-state index in [1.54, 1.807) is 38.3 Å². The molecule has 0 aliphatic carbocycles. The lowest BCUT2D eigenvalue weighted by atomic mass is 10.3. The van der Waals surface area contributed by atoms with Gasteiger partial charge in [-0.3, -0.25) is 0 Å². The highest BCUT2D eigenvalue weighted by Crippen LogP contribution is 2.22. The third-order valence-electron chi connectivity index (χ3n) is 1.94. The average Bonchev–Trinajstić information content (AvgIpc) is 2.73. The normalized spacial score (nSPS) is 16.0. The summed E-state index contributed by atoms with van der Waals surface area (Å²) in [7, 11) is -1.94. The minimum Gasteiger partial charge on any atom is -0.234 e. The highest BCUT2D eigenvalue weighted by molar-refractivity contribution is 7.85. The van der Waals surface area contributed by atoms with E-state index in [0.717, 1.165) is 6.08 Å². The first-order chi connectivity index (χ1) is 8.60. The van der Waals surface area contributed by atoms with Gasteiger partial charge in [0.15, 0.2) is 5.71 Å². The van der Waals surface area contributed by atoms with Crippen LogP contribution in [0.15, 0.2) is 28.0 Å². The maximum absolute atomic E-state index is 12.8. The lowest BCUT2D eigenvalue weighted by molar-refractivity contribution is -0.0574. The summed E-state index contributed by atoms with van der Waals surface area (Å²) in [5.41, 5.74) is -1.13. The van der Waals surface area contributed by atoms with E-state index in [1.807, 2.05) is 0 Å². The molecule has 0 aromatic carbocycles. The number of hydrogen-bond donors (Lipinski definition) is 0. The van der Waals surface area contributed by atoms with Crippen LogP contribution in [-0.4, -0.2) is 20.8 Å². The van der Waals surface area contributed by atoms with Crippen LogP contribution in [0, 0.1) is 0 Å². The van der Waals surface area contributed by atoms with E-state index in [1.165, 1.54) is 17.4 Å². The lowest BCUT2D eigenvalue weighted by Crippen LogP contribution is -2.26. The van der Waals surface area contributed by atoms with Crippen molar-refractivity contribution < 1.29 is 17.4 Å². The molecule has 1 rings (SSSR count). The minimum atomic E-state index is -4.62. The number of hydrogen-bond acceptors (Lipinski definition) is 2. The SMILES string of the molecule is CC(C)(C)S(=O)/N=C(/C=C/c1cccs1)C(F)(F)F. The van der Waals surface area contributed by atoms with Crippen LogP contribution < -0.4 is 0 Å². The molecular weight excluding hydrogens is 295 g/mol. The van der Waals surface area contributed by atoms with Gasteiger partial charge in [-0.25, -0.2) is 4.21 Å². The van der Waals surface area contributed by atoms with E-state index in [-0.39, 0.29) is 0 Å². The van der Waals surface area contributed by atoms with Gasteiger partial charge in [-0.05, 0) is 44.4 Å². The van der Waals surface area contributed by atoms with Gasteiger partial charge >= 0.3 is 6.18 Å². The predicted octanol–water partition coefficient (Wildman–Crippen LogP) is 4.23. The summed E-state index contributed by atoms with van der Waals surface area (Å²) in [6.45, 7) is 4.72. The first-order valence-electron chi connectivity index (χ1n) is 5.40. The highest BCUT2D eigenvalue weighted by Gasteiger charge is 2.35. The molecule has 1 unspecified atom stereocenters. The molecule has 0 aliphatic heterocycles. The summed E-state index contributed by atoms with van der Waals surface area (Å²) in [4.78, 5) is 0.679. The van der Waals surface area contributed by atoms with Gasteiger partial charge in [0.05, 0.1) is 4.75 Å². The summed E-state index contributed by atoms with van der Waals surface area (Å²) in [6, 6.07) is 3.43. The second kappa shape index (κ2) is 6.00. The zero-order valence-electron chi connectivity index (χ0n) is 10.7. The molecule has 0 spiro atoms. The Kier molecular flexibility index (Phi) is 5.09. The second-order valence-electron chi connectivity index (χ2n) is 4.68. The third-order valence-corrected chi connectivity index (χ3v) is 4.19. The number of halogens is 3. The molecule has 0 radical (unpaired) electrons. The predicted molar refractivity (Wildman–Crippen MR) is 74.7 cm³/mol. The molecule has 0 aliphatic rings. The molecule has 19 heavy (non-hydrogen) atoms. The molecule has 0 fully saturated rings. The molecule has 0 N–H and O–H groups in total. The monoisotopic (exact) mass is 309 g/mol. The van der Waals surface area contributed by atoms with Gasteiger partial charge in [0.1, 0.15) is 11.0 Å². The number of allylic oxidation sites excluding steroid dienone is 1. The number of thiophene rings is 1. The zero-order valence-corrected chi connectivity index (χ0v) is 12.3. The fourth-order valence-electron chi connectivity index (χ4n) is 0.950. The van der Waals surface area contributed by atoms with E-state index in [9.17, 15) is 17.4 Å². The first kappa shape index (κ1) is 16.1. The smallest absolute Gasteiger partial charge is 0.234 e. The largest absolute Gasteiger partial charge is 0.434 e. The van der Waals surface area contributed by atoms with Gasteiger partial charge in [0.2, 0.25) is 0 Å². The van der Waals surface area contributed by atoms with Crippen molar-refractivity contribution in [3.63, 3.8) is 0 Å². The molecule has 1 atom stereocenters. The number of nitrogens with zero attached hydrogens (tertiary/aromatic N) is 1. The van der Waals surface area contributed by atoms with E-state index in [0.29, 0.717) is 4.88 Å². The van der Waals surface area contributed by atoms with Crippen molar-refractivity contribution in [3.8, 4) is 0 Å². The Balaban J connectivity index is 3.04. The van der Waals surface area contributed by atoms with Crippen LogP contribution in [0.2, 0.25) is 0 Å². The summed E-state index contributed by atoms with van der Waals surface area (Å²) >= 11 is 1.31. The Bertz CT molecular complexity index is 496. The molecular formula is C12H14F3NOS2. The van der Waals surface area contributed by atoms with Crippen LogP contribution >= 0.6 is 11.3 Å². The Morgan fingerprint density at radius 3 is 2.42 bits per heavy atom. The van der Waals surface area contributed by atoms with Gasteiger partial charge in [-0.1, -0.05) is 6.07 Å². The lowest BCUT2D eigenvalue weighted by Gasteiger charge is -2.15. The number of alkyl halides is 3. The van der Waals surface area contributed by atoms with Crippen molar-refractivity contribution in [2.75, 3.05) is 0 Å². The summed E-state index contributed by atoms with van der Waals surface area (Å²) in [5.74, 6) is 0. The molecule has 1 aromatic heterocycles. The molecule has 0 saturated carbocycles. The molecule has 106 valence electrons. The quantitative estimate of drug-likeness (QED) is 0.768. The van der Waals surface area contributed by atoms with Crippen LogP contribution in [0.3, 0.4) is 0 Å². The standard InChI is InChI=1S/C12H14F3NOS2/c1-11(2,3)19(17)16-10(12(13,14)15)7-6-9-5-4-8-18-9/h4-8H,1-3H3/b7-6+,16-10-. The Hall–Kier alpha value is -0.950. The zero-order chi connectivity index (χ0) is 14.7. The van der Waals surface area contributed by atoms with Crippen molar-refractivity contribution in [1.29, 1.82) is 0 Å². The van der Waals surface area contributed by atoms with Crippen molar-refractivity contribution in [2.45, 2.75) is 31.7 Å². The Labute approximate surface area is 116 Å². The van der Waals surface area contributed by atoms with Crippen molar-refractivity contribution in [2.24, 2.45) is 4.40 Å². The number of rotatable bonds is 3. The maximum Gasteiger partial charge on any atom is 0.434 e. The fraction of sp³-hybridized carbons (Fsp3) is 0.417. The van der Waals surface area contributed by atoms with E-state index >= 15 is 0 Å². The summed E-state index contributed by atoms with van der Waals surface area (Å²) in [5, 5.41) is 1.76. The Morgan fingerprint density at radius 1 is 1.37 bits per heavy atom. The fourth-order valence-corrected chi connectivity index (χ4v) is 2.18. The highest BCUT2D eigenvalue weighted by atomic mass is 32.2. The molecule has 2 nitrogen and oxygen atoms in total. The molecule has 0 bridgehead atoms. The van der Waals surface area contributed by atoms with Crippen LogP contribution in [0.4, 0.5) is 13.2 Å². The molecule has 0 amide bonds. The van der Waals surface area contributed by atoms with Crippen LogP contribution in [-0.2, 0) is 11.0 Å². The molecule has 0 saturated heterocycles. The average molecular weight is 309 g/mol. The molecule has 7 heteroatoms. The van der Waals surface area contributed by atoms with Gasteiger partial charge in [-0.2, -0.15) is 17.6 Å². The van der Waals surface area contributed by atoms with Gasteiger partial charge < -0.3 is 0 Å². The van der Waals surface area contributed by atoms with Crippen molar-refractivity contribution >= 4 is 34.1 Å². The summed E-state index contributed by atoms with van der Waals surface area (Å²) in [6.07, 6.45) is -2.44. The van der Waals surface area contributed by atoms with E-state index in [4.69, 9.17) is 0 Å². The third kappa shape index (κ3) is 5.28. The van der Waals surface area contributed by atoms with E-state index in [2.05, 4.69) is 4.40 Å². The van der Waals surface area contributed by atoms with Gasteiger partial charge in [0, 0.05) is 4.88 Å². The Morgan fingerprint density at radius 2 is 2.00 bits per heavy atom. The maximum atomic E-state index is 12.8. The van der Waals surface area contributed by atoms with Crippen LogP contribution in [0.25, 0.3) is 6.08 Å². The first-order valence-corrected chi connectivity index (χ1v) is 7.39. The van der Waals surface area contributed by atoms with Crippen LogP contribution in [0.1, 0.15) is 25.6 Å².